The highest BCUT2D eigenvalue weighted by Gasteiger charge is 2.07. The maximum atomic E-state index is 9.71. The first kappa shape index (κ1) is 13.9. The zero-order valence-corrected chi connectivity index (χ0v) is 12.4. The highest BCUT2D eigenvalue weighted by Crippen LogP contribution is 2.34. The molecule has 0 spiro atoms. The van der Waals surface area contributed by atoms with E-state index in [4.69, 9.17) is 16.3 Å². The average Bonchev–Trinajstić information content (AvgIpc) is 2.41. The van der Waals surface area contributed by atoms with Gasteiger partial charge >= 0.3 is 0 Å². The quantitative estimate of drug-likeness (QED) is 0.832. The van der Waals surface area contributed by atoms with Crippen molar-refractivity contribution in [1.29, 1.82) is 0 Å². The number of halogens is 2. The fraction of sp³-hybridized carbons (Fsp3) is 0.0714. The van der Waals surface area contributed by atoms with Crippen LogP contribution in [0.5, 0.6) is 11.5 Å². The molecule has 0 aliphatic heterocycles. The molecule has 0 saturated heterocycles. The Kier molecular flexibility index (Phi) is 4.45. The van der Waals surface area contributed by atoms with E-state index in [9.17, 15) is 5.11 Å². The summed E-state index contributed by atoms with van der Waals surface area (Å²) in [5.74, 6) is 0.470. The molecule has 0 saturated carbocycles. The molecule has 0 heterocycles. The fourth-order valence-electron chi connectivity index (χ4n) is 1.50. The number of phenols is 1. The van der Waals surface area contributed by atoms with E-state index in [1.807, 2.05) is 12.1 Å². The molecule has 0 aliphatic rings. The van der Waals surface area contributed by atoms with Gasteiger partial charge in [-0.15, -0.1) is 0 Å². The van der Waals surface area contributed by atoms with Gasteiger partial charge in [0, 0.05) is 11.2 Å². The van der Waals surface area contributed by atoms with Crippen molar-refractivity contribution in [2.24, 2.45) is 4.99 Å². The van der Waals surface area contributed by atoms with Gasteiger partial charge < -0.3 is 9.84 Å². The molecule has 19 heavy (non-hydrogen) atoms. The number of methoxy groups -OCH3 is 1. The van der Waals surface area contributed by atoms with Crippen molar-refractivity contribution in [1.82, 2.24) is 0 Å². The Labute approximate surface area is 124 Å². The van der Waals surface area contributed by atoms with Crippen molar-refractivity contribution >= 4 is 39.4 Å². The van der Waals surface area contributed by atoms with Gasteiger partial charge in [-0.2, -0.15) is 0 Å². The summed E-state index contributed by atoms with van der Waals surface area (Å²) in [6, 6.07) is 10.7. The van der Waals surface area contributed by atoms with Crippen molar-refractivity contribution in [3.05, 3.63) is 51.5 Å². The molecular weight excluding hydrogens is 330 g/mol. The first-order valence-corrected chi connectivity index (χ1v) is 6.63. The summed E-state index contributed by atoms with van der Waals surface area (Å²) in [6.45, 7) is 0. The van der Waals surface area contributed by atoms with Crippen LogP contribution in [0.4, 0.5) is 5.69 Å². The average molecular weight is 341 g/mol. The number of nitrogens with zero attached hydrogens (tertiary/aromatic N) is 1. The van der Waals surface area contributed by atoms with Gasteiger partial charge in [-0.1, -0.05) is 11.6 Å². The van der Waals surface area contributed by atoms with E-state index >= 15 is 0 Å². The minimum atomic E-state index is 0.0751. The molecule has 0 atom stereocenters. The standard InChI is InChI=1S/C14H11BrClNO2/c1-19-13-7-9(6-12(15)14(13)18)8-17-11-4-2-10(16)3-5-11/h2-8,18H,1H3. The number of hydrogen-bond donors (Lipinski definition) is 1. The number of phenolic OH excluding ortho intramolecular Hbond substituents is 1. The zero-order chi connectivity index (χ0) is 13.8. The summed E-state index contributed by atoms with van der Waals surface area (Å²) >= 11 is 9.07. The Hall–Kier alpha value is -1.52. The third kappa shape index (κ3) is 3.49. The molecule has 2 aromatic rings. The van der Waals surface area contributed by atoms with Crippen LogP contribution in [0.25, 0.3) is 0 Å². The number of aromatic hydroxyl groups is 1. The van der Waals surface area contributed by atoms with Crippen molar-refractivity contribution in [3.63, 3.8) is 0 Å². The molecule has 0 aliphatic carbocycles. The topological polar surface area (TPSA) is 41.8 Å². The van der Waals surface area contributed by atoms with E-state index in [0.29, 0.717) is 15.2 Å². The normalized spacial score (nSPS) is 10.9. The van der Waals surface area contributed by atoms with Crippen molar-refractivity contribution < 1.29 is 9.84 Å². The third-order valence-electron chi connectivity index (χ3n) is 2.46. The largest absolute Gasteiger partial charge is 0.503 e. The summed E-state index contributed by atoms with van der Waals surface area (Å²) < 4.78 is 5.63. The lowest BCUT2D eigenvalue weighted by molar-refractivity contribution is 0.372. The number of ether oxygens (including phenoxy) is 1. The zero-order valence-electron chi connectivity index (χ0n) is 10.1. The predicted octanol–water partition coefficient (Wildman–Crippen LogP) is 4.57. The molecule has 1 N–H and O–H groups in total. The lowest BCUT2D eigenvalue weighted by atomic mass is 10.2. The molecule has 0 amide bonds. The Bertz CT molecular complexity index is 612. The SMILES string of the molecule is COc1cc(C=Nc2ccc(Cl)cc2)cc(Br)c1O. The smallest absolute Gasteiger partial charge is 0.172 e. The molecule has 0 unspecified atom stereocenters. The lowest BCUT2D eigenvalue weighted by Crippen LogP contribution is -1.88. The van der Waals surface area contributed by atoms with E-state index in [0.717, 1.165) is 11.3 Å². The molecule has 0 radical (unpaired) electrons. The van der Waals surface area contributed by atoms with Gasteiger partial charge in [-0.25, -0.2) is 0 Å². The van der Waals surface area contributed by atoms with Crippen LogP contribution in [-0.2, 0) is 0 Å². The second kappa shape index (κ2) is 6.08. The summed E-state index contributed by atoms with van der Waals surface area (Å²) in [7, 11) is 1.50. The molecule has 98 valence electrons. The summed E-state index contributed by atoms with van der Waals surface area (Å²) in [6.07, 6.45) is 1.69. The Morgan fingerprint density at radius 1 is 1.26 bits per heavy atom. The maximum absolute atomic E-state index is 9.71. The van der Waals surface area contributed by atoms with Crippen LogP contribution in [0.2, 0.25) is 5.02 Å². The van der Waals surface area contributed by atoms with Crippen molar-refractivity contribution in [3.8, 4) is 11.5 Å². The second-order valence-corrected chi connectivity index (χ2v) is 5.08. The van der Waals surface area contributed by atoms with Crippen molar-refractivity contribution in [2.45, 2.75) is 0 Å². The minimum Gasteiger partial charge on any atom is -0.503 e. The van der Waals surface area contributed by atoms with Gasteiger partial charge in [0.15, 0.2) is 11.5 Å². The van der Waals surface area contributed by atoms with Crippen LogP contribution in [0, 0.1) is 0 Å². The Balaban J connectivity index is 2.28. The van der Waals surface area contributed by atoms with Gasteiger partial charge in [0.1, 0.15) is 0 Å². The minimum absolute atomic E-state index is 0.0751. The van der Waals surface area contributed by atoms with Gasteiger partial charge in [-0.3, -0.25) is 4.99 Å². The fourth-order valence-corrected chi connectivity index (χ4v) is 2.09. The predicted molar refractivity (Wildman–Crippen MR) is 81.1 cm³/mol. The molecule has 2 rings (SSSR count). The van der Waals surface area contributed by atoms with Crippen LogP contribution in [0.1, 0.15) is 5.56 Å². The molecule has 0 bridgehead atoms. The highest BCUT2D eigenvalue weighted by molar-refractivity contribution is 9.10. The van der Waals surface area contributed by atoms with E-state index < -0.39 is 0 Å². The second-order valence-electron chi connectivity index (χ2n) is 3.79. The lowest BCUT2D eigenvalue weighted by Gasteiger charge is -2.06. The molecule has 5 heteroatoms. The van der Waals surface area contributed by atoms with Gasteiger partial charge in [-0.05, 0) is 57.9 Å². The van der Waals surface area contributed by atoms with Crippen LogP contribution in [-0.4, -0.2) is 18.4 Å². The Morgan fingerprint density at radius 2 is 1.95 bits per heavy atom. The Morgan fingerprint density at radius 3 is 2.58 bits per heavy atom. The van der Waals surface area contributed by atoms with E-state index in [1.165, 1.54) is 7.11 Å². The number of hydrogen-bond acceptors (Lipinski definition) is 3. The van der Waals surface area contributed by atoms with E-state index in [-0.39, 0.29) is 5.75 Å². The van der Waals surface area contributed by atoms with Crippen LogP contribution in [0.15, 0.2) is 45.9 Å². The van der Waals surface area contributed by atoms with Crippen LogP contribution in [0.3, 0.4) is 0 Å². The summed E-state index contributed by atoms with van der Waals surface area (Å²) in [5.41, 5.74) is 1.61. The number of aliphatic imine (C=N–C) groups is 1. The maximum Gasteiger partial charge on any atom is 0.172 e. The molecule has 0 aromatic heterocycles. The molecule has 0 fully saturated rings. The highest BCUT2D eigenvalue weighted by atomic mass is 79.9. The number of rotatable bonds is 3. The van der Waals surface area contributed by atoms with Crippen LogP contribution < -0.4 is 4.74 Å². The first-order valence-electron chi connectivity index (χ1n) is 5.46. The van der Waals surface area contributed by atoms with Gasteiger partial charge in [0.05, 0.1) is 17.3 Å². The van der Waals surface area contributed by atoms with Crippen LogP contribution >= 0.6 is 27.5 Å². The van der Waals surface area contributed by atoms with E-state index in [2.05, 4.69) is 20.9 Å². The molecular formula is C14H11BrClNO2. The first-order chi connectivity index (χ1) is 9.10. The van der Waals surface area contributed by atoms with Crippen molar-refractivity contribution in [2.75, 3.05) is 7.11 Å². The monoisotopic (exact) mass is 339 g/mol. The van der Waals surface area contributed by atoms with Gasteiger partial charge in [0.2, 0.25) is 0 Å². The summed E-state index contributed by atoms with van der Waals surface area (Å²) in [4.78, 5) is 4.32. The summed E-state index contributed by atoms with van der Waals surface area (Å²) in [5, 5.41) is 10.4. The van der Waals surface area contributed by atoms with E-state index in [1.54, 1.807) is 30.5 Å². The van der Waals surface area contributed by atoms with Gasteiger partial charge in [0.25, 0.3) is 0 Å². The third-order valence-corrected chi connectivity index (χ3v) is 3.32. The molecule has 2 aromatic carbocycles. The number of benzene rings is 2. The molecule has 3 nitrogen and oxygen atoms in total.